The summed E-state index contributed by atoms with van der Waals surface area (Å²) >= 11 is -0.786. The Morgan fingerprint density at radius 1 is 1.06 bits per heavy atom. The van der Waals surface area contributed by atoms with Crippen LogP contribution in [0.2, 0.25) is 11.6 Å². The van der Waals surface area contributed by atoms with Crippen molar-refractivity contribution in [2.75, 3.05) is 10.9 Å². The number of nitrogens with zero attached hydrogens (tertiary/aromatic N) is 1. The molecule has 0 saturated heterocycles. The van der Waals surface area contributed by atoms with Gasteiger partial charge in [0.25, 0.3) is 0 Å². The summed E-state index contributed by atoms with van der Waals surface area (Å²) in [6.45, 7) is 0. The zero-order chi connectivity index (χ0) is 10.8. The van der Waals surface area contributed by atoms with Crippen molar-refractivity contribution in [3.05, 3.63) is 57.3 Å². The van der Waals surface area contributed by atoms with E-state index in [9.17, 15) is 0 Å². The van der Waals surface area contributed by atoms with Crippen LogP contribution in [-0.4, -0.2) is 21.4 Å². The van der Waals surface area contributed by atoms with Crippen molar-refractivity contribution < 1.29 is 16.5 Å². The molecule has 1 nitrogen and oxygen atoms in total. The zero-order valence-corrected chi connectivity index (χ0v) is 13.9. The molecule has 2 rings (SSSR count). The molecule has 3 heteroatoms. The van der Waals surface area contributed by atoms with Crippen molar-refractivity contribution in [3.8, 4) is 0 Å². The van der Waals surface area contributed by atoms with E-state index in [4.69, 9.17) is 0 Å². The van der Waals surface area contributed by atoms with Gasteiger partial charge in [0.05, 0.1) is 0 Å². The number of rotatable bonds is 2. The molecular weight excluding hydrogens is 280 g/mol. The van der Waals surface area contributed by atoms with Crippen LogP contribution in [0.4, 0.5) is 5.69 Å². The number of benzene rings is 2. The first-order valence-electron chi connectivity index (χ1n) is 5.32. The van der Waals surface area contributed by atoms with Gasteiger partial charge >= 0.3 is 14.4 Å². The third-order valence-electron chi connectivity index (χ3n) is 2.83. The Hall–Kier alpha value is -0.474. The molecule has 0 spiro atoms. The Bertz CT molecular complexity index is 466. The number of anilines is 1. The molecular formula is C15H21AlNNi-3. The number of hydrogen-bond donors (Lipinski definition) is 0. The van der Waals surface area contributed by atoms with Crippen LogP contribution in [-0.2, 0) is 16.5 Å². The topological polar surface area (TPSA) is 3.24 Å². The average Bonchev–Trinajstić information content (AvgIpc) is 2.27. The fourth-order valence-electron chi connectivity index (χ4n) is 1.71. The molecule has 102 valence electrons. The van der Waals surface area contributed by atoms with Gasteiger partial charge in [-0.25, -0.2) is 0 Å². The Balaban J connectivity index is 0. The molecule has 0 radical (unpaired) electrons. The first-order valence-corrected chi connectivity index (χ1v) is 8.15. The van der Waals surface area contributed by atoms with Gasteiger partial charge in [0.2, 0.25) is 0 Å². The van der Waals surface area contributed by atoms with E-state index in [0.29, 0.717) is 0 Å². The molecule has 2 aromatic carbocycles. The molecule has 0 fully saturated rings. The second kappa shape index (κ2) is 8.60. The van der Waals surface area contributed by atoms with Gasteiger partial charge in [0.1, 0.15) is 0 Å². The fourth-order valence-corrected chi connectivity index (χ4v) is 2.48. The molecule has 0 bridgehead atoms. The maximum Gasteiger partial charge on any atom is 0.398 e. The largest absolute Gasteiger partial charge is 0.507 e. The normalized spacial score (nSPS) is 8.61. The molecule has 0 atom stereocenters. The van der Waals surface area contributed by atoms with Gasteiger partial charge in [-0.15, -0.1) is 35.0 Å². The summed E-state index contributed by atoms with van der Waals surface area (Å²) in [7, 11) is 2.19. The molecule has 0 aliphatic carbocycles. The zero-order valence-electron chi connectivity index (χ0n) is 11.8. The molecule has 0 N–H and O–H groups in total. The molecule has 0 aliphatic rings. The van der Waals surface area contributed by atoms with Crippen LogP contribution < -0.4 is 3.88 Å². The van der Waals surface area contributed by atoms with Gasteiger partial charge in [0, 0.05) is 16.5 Å². The van der Waals surface area contributed by atoms with Crippen LogP contribution in [0.15, 0.2) is 36.4 Å². The van der Waals surface area contributed by atoms with Gasteiger partial charge in [-0.1, -0.05) is 35.5 Å². The van der Waals surface area contributed by atoms with E-state index < -0.39 is 14.4 Å². The predicted molar refractivity (Wildman–Crippen MR) is 81.5 cm³/mol. The number of fused-ring (bicyclic) bond motifs is 1. The van der Waals surface area contributed by atoms with Gasteiger partial charge in [-0.3, -0.25) is 0 Å². The Labute approximate surface area is 127 Å². The smallest absolute Gasteiger partial charge is 0.398 e. The van der Waals surface area contributed by atoms with Gasteiger partial charge in [-0.2, -0.15) is 0 Å². The first kappa shape index (κ1) is 19.9. The van der Waals surface area contributed by atoms with Crippen molar-refractivity contribution in [1.82, 2.24) is 0 Å². The minimum Gasteiger partial charge on any atom is -0.507 e. The molecule has 0 saturated carbocycles. The molecule has 0 aliphatic heterocycles. The van der Waals surface area contributed by atoms with E-state index in [1.165, 1.54) is 16.5 Å². The quantitative estimate of drug-likeness (QED) is 0.593. The molecule has 0 unspecified atom stereocenters. The van der Waals surface area contributed by atoms with Gasteiger partial charge in [0.15, 0.2) is 0 Å². The summed E-state index contributed by atoms with van der Waals surface area (Å²) in [6, 6.07) is 16.0. The predicted octanol–water partition coefficient (Wildman–Crippen LogP) is 4.23. The molecule has 0 aromatic heterocycles. The van der Waals surface area contributed by atoms with E-state index in [2.05, 4.69) is 52.8 Å². The van der Waals surface area contributed by atoms with E-state index in [0.717, 1.165) is 0 Å². The Morgan fingerprint density at radius 2 is 1.67 bits per heavy atom. The van der Waals surface area contributed by atoms with E-state index in [1.54, 1.807) is 0 Å². The minimum absolute atomic E-state index is 0. The first-order chi connectivity index (χ1) is 7.20. The van der Waals surface area contributed by atoms with Crippen molar-refractivity contribution >= 4 is 30.8 Å². The van der Waals surface area contributed by atoms with Crippen molar-refractivity contribution in [3.63, 3.8) is 0 Å². The molecule has 18 heavy (non-hydrogen) atoms. The maximum absolute atomic E-state index is 3.34. The summed E-state index contributed by atoms with van der Waals surface area (Å²) in [6.07, 6.45) is 0. The summed E-state index contributed by atoms with van der Waals surface area (Å²) in [5.41, 5.74) is 1.31. The van der Waals surface area contributed by atoms with Crippen LogP contribution in [0, 0.1) is 20.9 Å². The van der Waals surface area contributed by atoms with E-state index in [1.807, 2.05) is 12.1 Å². The van der Waals surface area contributed by atoms with Gasteiger partial charge < -0.3 is 18.7 Å². The summed E-state index contributed by atoms with van der Waals surface area (Å²) in [4.78, 5) is 0. The molecule has 0 amide bonds. The van der Waals surface area contributed by atoms with Crippen LogP contribution in [0.5, 0.6) is 0 Å². The minimum atomic E-state index is -0.786. The molecule has 0 heterocycles. The second-order valence-corrected chi connectivity index (χ2v) is 7.08. The van der Waals surface area contributed by atoms with Crippen LogP contribution in [0.3, 0.4) is 0 Å². The SMILES string of the molecule is C[N](c1cccc2ccc[c-]c12)[Al]([CH3])[CH3].[CH3-].[CH3-].[Ni]. The fraction of sp³-hybridized carbons (Fsp3) is 0.200. The van der Waals surface area contributed by atoms with E-state index >= 15 is 0 Å². The molecule has 2 aromatic rings. The summed E-state index contributed by atoms with van der Waals surface area (Å²) < 4.78 is 2.42. The van der Waals surface area contributed by atoms with Crippen molar-refractivity contribution in [2.24, 2.45) is 0 Å². The van der Waals surface area contributed by atoms with Crippen molar-refractivity contribution in [2.45, 2.75) is 11.6 Å². The second-order valence-electron chi connectivity index (χ2n) is 4.12. The third-order valence-corrected chi connectivity index (χ3v) is 4.66. The maximum atomic E-state index is 3.34. The van der Waals surface area contributed by atoms with Crippen molar-refractivity contribution in [1.29, 1.82) is 0 Å². The Kier molecular flexibility index (Phi) is 9.48. The number of hydrogen-bond acceptors (Lipinski definition) is 1. The summed E-state index contributed by atoms with van der Waals surface area (Å²) in [5, 5.41) is 2.51. The monoisotopic (exact) mass is 300 g/mol. The average molecular weight is 301 g/mol. The van der Waals surface area contributed by atoms with Crippen LogP contribution >= 0.6 is 0 Å². The Morgan fingerprint density at radius 3 is 2.28 bits per heavy atom. The van der Waals surface area contributed by atoms with Crippen LogP contribution in [0.1, 0.15) is 0 Å². The third kappa shape index (κ3) is 4.03. The van der Waals surface area contributed by atoms with Crippen LogP contribution in [0.25, 0.3) is 10.8 Å². The van der Waals surface area contributed by atoms with E-state index in [-0.39, 0.29) is 31.3 Å². The summed E-state index contributed by atoms with van der Waals surface area (Å²) in [5.74, 6) is 4.67. The van der Waals surface area contributed by atoms with Gasteiger partial charge in [-0.05, 0) is 7.05 Å². The standard InChI is InChI=1S/C11H9N.4CH3.Al.Ni/c1-12-11-8-4-6-9-5-2-3-7-10(9)11;;;;;;/h2-6,8H,1H3;4*1H3;;/q-2;;;2*-1;+1;.